The molecule has 0 spiro atoms. The first kappa shape index (κ1) is 18.8. The first-order valence-electron chi connectivity index (χ1n) is 9.57. The number of esters is 1. The second kappa shape index (κ2) is 7.47. The van der Waals surface area contributed by atoms with Gasteiger partial charge in [-0.05, 0) is 60.2 Å². The minimum absolute atomic E-state index is 0.0000315. The monoisotopic (exact) mass is 384 g/mol. The molecule has 0 unspecified atom stereocenters. The average Bonchev–Trinajstić information content (AvgIpc) is 3.10. The van der Waals surface area contributed by atoms with Gasteiger partial charge in [-0.1, -0.05) is 48.5 Å². The number of carbonyl (C=O) groups excluding carboxylic acids is 3. The Kier molecular flexibility index (Phi) is 4.85. The Hall–Kier alpha value is -3.53. The van der Waals surface area contributed by atoms with E-state index in [1.54, 1.807) is 19.1 Å². The summed E-state index contributed by atoms with van der Waals surface area (Å²) in [6.45, 7) is 3.76. The van der Waals surface area contributed by atoms with Crippen LogP contribution in [-0.4, -0.2) is 24.1 Å². The van der Waals surface area contributed by atoms with E-state index in [0.717, 1.165) is 27.8 Å². The van der Waals surface area contributed by atoms with Crippen LogP contribution in [0.4, 0.5) is 0 Å². The normalized spacial score (nSPS) is 11.5. The first-order valence-corrected chi connectivity index (χ1v) is 9.57. The molecular weight excluding hydrogens is 364 g/mol. The van der Waals surface area contributed by atoms with Gasteiger partial charge >= 0.3 is 5.97 Å². The lowest BCUT2D eigenvalue weighted by Crippen LogP contribution is -2.17. The van der Waals surface area contributed by atoms with E-state index in [9.17, 15) is 14.4 Å². The lowest BCUT2D eigenvalue weighted by molar-refractivity contribution is -0.137. The van der Waals surface area contributed by atoms with Crippen molar-refractivity contribution in [2.24, 2.45) is 0 Å². The molecule has 3 aromatic carbocycles. The van der Waals surface area contributed by atoms with Gasteiger partial charge in [0.05, 0.1) is 6.61 Å². The molecule has 0 bridgehead atoms. The smallest absolute Gasteiger partial charge is 0.379 e. The summed E-state index contributed by atoms with van der Waals surface area (Å²) in [5, 5.41) is 0. The molecule has 3 aromatic rings. The van der Waals surface area contributed by atoms with E-state index in [0.29, 0.717) is 23.1 Å². The summed E-state index contributed by atoms with van der Waals surface area (Å²) < 4.78 is 4.81. The molecule has 4 heteroatoms. The molecular formula is C25H20O4. The van der Waals surface area contributed by atoms with Crippen LogP contribution >= 0.6 is 0 Å². The molecule has 1 aliphatic rings. The predicted octanol–water partition coefficient (Wildman–Crippen LogP) is 4.54. The molecule has 0 atom stereocenters. The van der Waals surface area contributed by atoms with Crippen molar-refractivity contribution in [2.45, 2.75) is 20.3 Å². The molecule has 0 aromatic heterocycles. The van der Waals surface area contributed by atoms with Crippen LogP contribution in [-0.2, 0) is 16.0 Å². The Morgan fingerprint density at radius 3 is 2.14 bits per heavy atom. The highest BCUT2D eigenvalue weighted by Crippen LogP contribution is 2.38. The maximum Gasteiger partial charge on any atom is 0.379 e. The Labute approximate surface area is 169 Å². The van der Waals surface area contributed by atoms with Crippen LogP contribution in [0.5, 0.6) is 0 Å². The fraction of sp³-hybridized carbons (Fsp3) is 0.160. The zero-order chi connectivity index (χ0) is 20.5. The quantitative estimate of drug-likeness (QED) is 0.288. The molecule has 0 aliphatic heterocycles. The molecule has 0 radical (unpaired) electrons. The highest BCUT2D eigenvalue weighted by atomic mass is 16.5. The molecule has 0 N–H and O–H groups in total. The van der Waals surface area contributed by atoms with Crippen LogP contribution < -0.4 is 0 Å². The van der Waals surface area contributed by atoms with Crippen molar-refractivity contribution in [3.05, 3.63) is 94.0 Å². The van der Waals surface area contributed by atoms with Gasteiger partial charge in [0.1, 0.15) is 0 Å². The average molecular weight is 384 g/mol. The molecule has 4 nitrogen and oxygen atoms in total. The zero-order valence-electron chi connectivity index (χ0n) is 16.3. The standard InChI is InChI=1S/C25H20O4/c1-3-29-25(28)24(27)17-9-11-22-19(13-17)14-18-12-16(8-10-21(18)22)23(26)20-7-5-4-6-15(20)2/h4-13H,3,14H2,1-2H3. The largest absolute Gasteiger partial charge is 0.460 e. The van der Waals surface area contributed by atoms with Crippen molar-refractivity contribution in [1.29, 1.82) is 0 Å². The fourth-order valence-corrected chi connectivity index (χ4v) is 3.79. The number of benzene rings is 3. The van der Waals surface area contributed by atoms with E-state index >= 15 is 0 Å². The van der Waals surface area contributed by atoms with Gasteiger partial charge in [-0.15, -0.1) is 0 Å². The van der Waals surface area contributed by atoms with Gasteiger partial charge in [-0.2, -0.15) is 0 Å². The minimum atomic E-state index is -0.839. The summed E-state index contributed by atoms with van der Waals surface area (Å²) in [6.07, 6.45) is 0.615. The van der Waals surface area contributed by atoms with Crippen LogP contribution in [0, 0.1) is 6.92 Å². The van der Waals surface area contributed by atoms with Crippen molar-refractivity contribution in [3.63, 3.8) is 0 Å². The number of carbonyl (C=O) groups is 3. The van der Waals surface area contributed by atoms with E-state index in [2.05, 4.69) is 0 Å². The molecule has 0 saturated heterocycles. The summed E-state index contributed by atoms with van der Waals surface area (Å²) in [7, 11) is 0. The fourth-order valence-electron chi connectivity index (χ4n) is 3.79. The number of Topliss-reactive ketones (excluding diaryl/α,β-unsaturated/α-hetero) is 1. The maximum absolute atomic E-state index is 12.9. The van der Waals surface area contributed by atoms with E-state index in [1.807, 2.05) is 55.5 Å². The molecule has 0 fully saturated rings. The number of aryl methyl sites for hydroxylation is 1. The first-order chi connectivity index (χ1) is 14.0. The van der Waals surface area contributed by atoms with E-state index < -0.39 is 11.8 Å². The molecule has 0 heterocycles. The number of rotatable bonds is 5. The molecule has 1 aliphatic carbocycles. The SMILES string of the molecule is CCOC(=O)C(=O)c1ccc2c(c1)Cc1cc(C(=O)c3ccccc3C)ccc1-2. The number of hydrogen-bond donors (Lipinski definition) is 0. The van der Waals surface area contributed by atoms with Crippen molar-refractivity contribution < 1.29 is 19.1 Å². The molecule has 29 heavy (non-hydrogen) atoms. The third-order valence-corrected chi connectivity index (χ3v) is 5.26. The topological polar surface area (TPSA) is 60.4 Å². The number of fused-ring (bicyclic) bond motifs is 3. The molecule has 0 amide bonds. The third-order valence-electron chi connectivity index (χ3n) is 5.26. The lowest BCUT2D eigenvalue weighted by Gasteiger charge is -2.07. The van der Waals surface area contributed by atoms with Crippen molar-refractivity contribution >= 4 is 17.5 Å². The van der Waals surface area contributed by atoms with Gasteiger partial charge in [0.25, 0.3) is 5.78 Å². The van der Waals surface area contributed by atoms with Crippen LogP contribution in [0.2, 0.25) is 0 Å². The van der Waals surface area contributed by atoms with Gasteiger partial charge in [0.2, 0.25) is 0 Å². The zero-order valence-corrected chi connectivity index (χ0v) is 16.3. The highest BCUT2D eigenvalue weighted by Gasteiger charge is 2.24. The Morgan fingerprint density at radius 2 is 1.48 bits per heavy atom. The van der Waals surface area contributed by atoms with Crippen molar-refractivity contribution in [1.82, 2.24) is 0 Å². The Morgan fingerprint density at radius 1 is 0.862 bits per heavy atom. The highest BCUT2D eigenvalue weighted by molar-refractivity contribution is 6.40. The number of ketones is 2. The predicted molar refractivity (Wildman–Crippen MR) is 110 cm³/mol. The third kappa shape index (κ3) is 3.38. The molecule has 144 valence electrons. The Balaban J connectivity index is 1.64. The van der Waals surface area contributed by atoms with Crippen molar-refractivity contribution in [2.75, 3.05) is 6.61 Å². The van der Waals surface area contributed by atoms with Crippen LogP contribution in [0.25, 0.3) is 11.1 Å². The summed E-state index contributed by atoms with van der Waals surface area (Å²) in [6, 6.07) is 18.5. The summed E-state index contributed by atoms with van der Waals surface area (Å²) >= 11 is 0. The molecule has 4 rings (SSSR count). The Bertz CT molecular complexity index is 1160. The minimum Gasteiger partial charge on any atom is -0.460 e. The van der Waals surface area contributed by atoms with Gasteiger partial charge in [-0.3, -0.25) is 9.59 Å². The van der Waals surface area contributed by atoms with Crippen LogP contribution in [0.1, 0.15) is 49.9 Å². The maximum atomic E-state index is 12.9. The van der Waals surface area contributed by atoms with Gasteiger partial charge in [0.15, 0.2) is 5.78 Å². The van der Waals surface area contributed by atoms with E-state index in [-0.39, 0.29) is 12.4 Å². The summed E-state index contributed by atoms with van der Waals surface area (Å²) in [5.41, 5.74) is 6.70. The van der Waals surface area contributed by atoms with E-state index in [4.69, 9.17) is 4.74 Å². The van der Waals surface area contributed by atoms with E-state index in [1.165, 1.54) is 0 Å². The second-order valence-electron chi connectivity index (χ2n) is 7.11. The second-order valence-corrected chi connectivity index (χ2v) is 7.11. The van der Waals surface area contributed by atoms with Crippen LogP contribution in [0.3, 0.4) is 0 Å². The van der Waals surface area contributed by atoms with Gasteiger partial charge < -0.3 is 4.74 Å². The van der Waals surface area contributed by atoms with Gasteiger partial charge in [-0.25, -0.2) is 4.79 Å². The van der Waals surface area contributed by atoms with Crippen molar-refractivity contribution in [3.8, 4) is 11.1 Å². The van der Waals surface area contributed by atoms with Gasteiger partial charge in [0, 0.05) is 16.7 Å². The molecule has 0 saturated carbocycles. The number of hydrogen-bond acceptors (Lipinski definition) is 4. The van der Waals surface area contributed by atoms with Crippen LogP contribution in [0.15, 0.2) is 60.7 Å². The number of ether oxygens (including phenoxy) is 1. The summed E-state index contributed by atoms with van der Waals surface area (Å²) in [4.78, 5) is 36.9. The lowest BCUT2D eigenvalue weighted by atomic mass is 9.96. The summed E-state index contributed by atoms with van der Waals surface area (Å²) in [5.74, 6) is -1.48.